The minimum absolute atomic E-state index is 0.175. The molecule has 0 radical (unpaired) electrons. The lowest BCUT2D eigenvalue weighted by Crippen LogP contribution is -2.34. The number of hydrogen-bond acceptors (Lipinski definition) is 4. The summed E-state index contributed by atoms with van der Waals surface area (Å²) in [6, 6.07) is 8.42. The Morgan fingerprint density at radius 1 is 1.24 bits per heavy atom. The van der Waals surface area contributed by atoms with Crippen molar-refractivity contribution in [3.8, 4) is 0 Å². The zero-order valence-corrected chi connectivity index (χ0v) is 11.5. The number of amides is 1. The second kappa shape index (κ2) is 5.01. The lowest BCUT2D eigenvalue weighted by atomic mass is 10.1. The standard InChI is InChI=1S/C16H13NO4/c1-2-10-5-6-12-11(8-10)15(19)16(20)17(12)9-13(18)14-4-3-7-21-14/h3-8H,2,9H2,1H3. The lowest BCUT2D eigenvalue weighted by Gasteiger charge is -2.14. The molecule has 0 saturated heterocycles. The molecule has 1 aliphatic heterocycles. The van der Waals surface area contributed by atoms with Gasteiger partial charge in [-0.3, -0.25) is 19.3 Å². The highest BCUT2D eigenvalue weighted by atomic mass is 16.3. The summed E-state index contributed by atoms with van der Waals surface area (Å²) in [5, 5.41) is 0. The minimum atomic E-state index is -0.668. The van der Waals surface area contributed by atoms with Crippen LogP contribution in [0.2, 0.25) is 0 Å². The van der Waals surface area contributed by atoms with Gasteiger partial charge in [0.15, 0.2) is 5.76 Å². The average molecular weight is 283 g/mol. The molecule has 5 heteroatoms. The third-order valence-electron chi connectivity index (χ3n) is 3.54. The summed E-state index contributed by atoms with van der Waals surface area (Å²) in [4.78, 5) is 37.3. The van der Waals surface area contributed by atoms with E-state index in [0.29, 0.717) is 11.3 Å². The molecular formula is C16H13NO4. The Labute approximate surface area is 121 Å². The highest BCUT2D eigenvalue weighted by Gasteiger charge is 2.37. The number of nitrogens with zero attached hydrogens (tertiary/aromatic N) is 1. The van der Waals surface area contributed by atoms with Gasteiger partial charge in [0.05, 0.1) is 24.1 Å². The molecule has 0 atom stereocenters. The van der Waals surface area contributed by atoms with E-state index in [1.807, 2.05) is 13.0 Å². The molecule has 2 aromatic rings. The van der Waals surface area contributed by atoms with Crippen LogP contribution in [0.25, 0.3) is 0 Å². The molecule has 1 aromatic heterocycles. The fraction of sp³-hybridized carbons (Fsp3) is 0.188. The van der Waals surface area contributed by atoms with Crippen molar-refractivity contribution in [2.75, 3.05) is 11.4 Å². The summed E-state index contributed by atoms with van der Waals surface area (Å²) in [6.45, 7) is 1.78. The van der Waals surface area contributed by atoms with Crippen LogP contribution in [0, 0.1) is 0 Å². The van der Waals surface area contributed by atoms with Gasteiger partial charge < -0.3 is 4.42 Å². The van der Waals surface area contributed by atoms with Gasteiger partial charge in [-0.1, -0.05) is 13.0 Å². The summed E-state index contributed by atoms with van der Waals surface area (Å²) < 4.78 is 5.02. The number of hydrogen-bond donors (Lipinski definition) is 0. The van der Waals surface area contributed by atoms with E-state index in [1.165, 1.54) is 17.2 Å². The second-order valence-electron chi connectivity index (χ2n) is 4.83. The van der Waals surface area contributed by atoms with Gasteiger partial charge in [0.1, 0.15) is 0 Å². The predicted molar refractivity (Wildman–Crippen MR) is 75.5 cm³/mol. The van der Waals surface area contributed by atoms with Gasteiger partial charge in [-0.05, 0) is 36.2 Å². The number of anilines is 1. The fourth-order valence-corrected chi connectivity index (χ4v) is 2.38. The van der Waals surface area contributed by atoms with Gasteiger partial charge in [-0.2, -0.15) is 0 Å². The molecule has 0 aliphatic carbocycles. The lowest BCUT2D eigenvalue weighted by molar-refractivity contribution is -0.114. The summed E-state index contributed by atoms with van der Waals surface area (Å²) in [5.74, 6) is -1.40. The Kier molecular flexibility index (Phi) is 3.17. The van der Waals surface area contributed by atoms with Crippen molar-refractivity contribution in [1.82, 2.24) is 0 Å². The molecule has 0 saturated carbocycles. The Morgan fingerprint density at radius 2 is 2.05 bits per heavy atom. The molecule has 0 fully saturated rings. The van der Waals surface area contributed by atoms with Crippen LogP contribution in [0.5, 0.6) is 0 Å². The zero-order chi connectivity index (χ0) is 15.0. The number of aryl methyl sites for hydroxylation is 1. The maximum absolute atomic E-state index is 12.1. The van der Waals surface area contributed by atoms with Gasteiger partial charge in [0, 0.05) is 0 Å². The van der Waals surface area contributed by atoms with Gasteiger partial charge in [0.25, 0.3) is 11.7 Å². The van der Waals surface area contributed by atoms with Crippen molar-refractivity contribution < 1.29 is 18.8 Å². The maximum atomic E-state index is 12.1. The van der Waals surface area contributed by atoms with E-state index < -0.39 is 11.7 Å². The van der Waals surface area contributed by atoms with E-state index in [1.54, 1.807) is 18.2 Å². The molecule has 0 spiro atoms. The van der Waals surface area contributed by atoms with E-state index in [9.17, 15) is 14.4 Å². The quantitative estimate of drug-likeness (QED) is 0.637. The number of Topliss-reactive ketones (excluding diaryl/α,β-unsaturated/α-hetero) is 2. The van der Waals surface area contributed by atoms with Crippen molar-refractivity contribution in [1.29, 1.82) is 0 Å². The molecule has 0 bridgehead atoms. The molecule has 5 nitrogen and oxygen atoms in total. The predicted octanol–water partition coefficient (Wildman–Crippen LogP) is 2.25. The largest absolute Gasteiger partial charge is 0.461 e. The molecule has 0 unspecified atom stereocenters. The molecule has 2 heterocycles. The van der Waals surface area contributed by atoms with Crippen LogP contribution >= 0.6 is 0 Å². The first-order valence-electron chi connectivity index (χ1n) is 6.67. The minimum Gasteiger partial charge on any atom is -0.461 e. The van der Waals surface area contributed by atoms with Crippen molar-refractivity contribution >= 4 is 23.2 Å². The first kappa shape index (κ1) is 13.3. The Bertz CT molecular complexity index is 731. The fourth-order valence-electron chi connectivity index (χ4n) is 2.38. The number of furan rings is 1. The van der Waals surface area contributed by atoms with Crippen molar-refractivity contribution in [2.24, 2.45) is 0 Å². The third-order valence-corrected chi connectivity index (χ3v) is 3.54. The maximum Gasteiger partial charge on any atom is 0.299 e. The van der Waals surface area contributed by atoms with Gasteiger partial charge in [-0.25, -0.2) is 0 Å². The van der Waals surface area contributed by atoms with E-state index in [0.717, 1.165) is 12.0 Å². The van der Waals surface area contributed by atoms with E-state index in [2.05, 4.69) is 0 Å². The third kappa shape index (κ3) is 2.16. The van der Waals surface area contributed by atoms with Crippen LogP contribution in [0.4, 0.5) is 5.69 Å². The Morgan fingerprint density at radius 3 is 2.71 bits per heavy atom. The summed E-state index contributed by atoms with van der Waals surface area (Å²) >= 11 is 0. The van der Waals surface area contributed by atoms with Crippen molar-refractivity contribution in [2.45, 2.75) is 13.3 Å². The van der Waals surface area contributed by atoms with Crippen LogP contribution in [0.1, 0.15) is 33.4 Å². The molecule has 0 N–H and O–H groups in total. The smallest absolute Gasteiger partial charge is 0.299 e. The average Bonchev–Trinajstić information content (AvgIpc) is 3.11. The van der Waals surface area contributed by atoms with Crippen LogP contribution < -0.4 is 4.90 Å². The topological polar surface area (TPSA) is 67.6 Å². The van der Waals surface area contributed by atoms with E-state index in [-0.39, 0.29) is 18.1 Å². The van der Waals surface area contributed by atoms with Crippen LogP contribution in [-0.4, -0.2) is 24.0 Å². The molecule has 21 heavy (non-hydrogen) atoms. The summed E-state index contributed by atoms with van der Waals surface area (Å²) in [5.41, 5.74) is 1.84. The molecule has 106 valence electrons. The van der Waals surface area contributed by atoms with Crippen LogP contribution in [-0.2, 0) is 11.2 Å². The highest BCUT2D eigenvalue weighted by Crippen LogP contribution is 2.30. The SMILES string of the molecule is CCc1ccc2c(c1)C(=O)C(=O)N2CC(=O)c1ccco1. The number of rotatable bonds is 4. The van der Waals surface area contributed by atoms with Gasteiger partial charge in [0.2, 0.25) is 5.78 Å². The molecular weight excluding hydrogens is 270 g/mol. The second-order valence-corrected chi connectivity index (χ2v) is 4.83. The summed E-state index contributed by atoms with van der Waals surface area (Å²) in [7, 11) is 0. The van der Waals surface area contributed by atoms with Gasteiger partial charge in [-0.15, -0.1) is 0 Å². The zero-order valence-electron chi connectivity index (χ0n) is 11.5. The monoisotopic (exact) mass is 283 g/mol. The van der Waals surface area contributed by atoms with E-state index >= 15 is 0 Å². The van der Waals surface area contributed by atoms with Crippen molar-refractivity contribution in [3.05, 3.63) is 53.5 Å². The Hall–Kier alpha value is -2.69. The van der Waals surface area contributed by atoms with Gasteiger partial charge >= 0.3 is 0 Å². The number of ketones is 2. The normalized spacial score (nSPS) is 13.7. The summed E-state index contributed by atoms with van der Waals surface area (Å²) in [6.07, 6.45) is 2.17. The Balaban J connectivity index is 1.93. The number of fused-ring (bicyclic) bond motifs is 1. The number of carbonyl (C=O) groups excluding carboxylic acids is 3. The molecule has 1 amide bonds. The first-order chi connectivity index (χ1) is 10.1. The van der Waals surface area contributed by atoms with Crippen LogP contribution in [0.15, 0.2) is 41.0 Å². The molecule has 3 rings (SSSR count). The number of benzene rings is 1. The van der Waals surface area contributed by atoms with Crippen LogP contribution in [0.3, 0.4) is 0 Å². The van der Waals surface area contributed by atoms with Crippen molar-refractivity contribution in [3.63, 3.8) is 0 Å². The molecule has 1 aromatic carbocycles. The highest BCUT2D eigenvalue weighted by molar-refractivity contribution is 6.52. The van der Waals surface area contributed by atoms with E-state index in [4.69, 9.17) is 4.42 Å². The first-order valence-corrected chi connectivity index (χ1v) is 6.67. The molecule has 1 aliphatic rings. The number of carbonyl (C=O) groups is 3.